The van der Waals surface area contributed by atoms with Crippen LogP contribution in [-0.4, -0.2) is 49.8 Å². The first-order chi connectivity index (χ1) is 7.85. The molecule has 2 heterocycles. The van der Waals surface area contributed by atoms with E-state index in [-0.39, 0.29) is 0 Å². The third-order valence-electron chi connectivity index (χ3n) is 4.17. The van der Waals surface area contributed by atoms with Crippen LogP contribution < -0.4 is 5.32 Å². The Bertz CT molecular complexity index is 204. The minimum atomic E-state index is 0.498. The van der Waals surface area contributed by atoms with Crippen LogP contribution >= 0.6 is 0 Å². The van der Waals surface area contributed by atoms with Crippen LogP contribution in [0.2, 0.25) is 0 Å². The molecule has 0 spiro atoms. The molecule has 94 valence electrons. The summed E-state index contributed by atoms with van der Waals surface area (Å²) in [7, 11) is 0. The Balaban J connectivity index is 1.87. The van der Waals surface area contributed by atoms with E-state index in [1.165, 1.54) is 32.4 Å². The van der Waals surface area contributed by atoms with Crippen molar-refractivity contribution >= 4 is 0 Å². The zero-order valence-electron chi connectivity index (χ0n) is 10.7. The van der Waals surface area contributed by atoms with E-state index >= 15 is 0 Å². The summed E-state index contributed by atoms with van der Waals surface area (Å²) in [5.41, 5.74) is 0. The molecule has 3 atom stereocenters. The summed E-state index contributed by atoms with van der Waals surface area (Å²) in [5.74, 6) is 0.835. The quantitative estimate of drug-likeness (QED) is 0.768. The van der Waals surface area contributed by atoms with Gasteiger partial charge < -0.3 is 10.1 Å². The van der Waals surface area contributed by atoms with Crippen molar-refractivity contribution in [1.82, 2.24) is 10.2 Å². The Hall–Kier alpha value is -0.120. The van der Waals surface area contributed by atoms with Crippen molar-refractivity contribution in [2.24, 2.45) is 5.92 Å². The lowest BCUT2D eigenvalue weighted by Crippen LogP contribution is -2.44. The first-order valence-corrected chi connectivity index (χ1v) is 6.91. The Morgan fingerprint density at radius 1 is 1.31 bits per heavy atom. The maximum absolute atomic E-state index is 5.75. The number of likely N-dealkylation sites (N-methyl/N-ethyl adjacent to an activating group) is 1. The molecular weight excluding hydrogens is 200 g/mol. The lowest BCUT2D eigenvalue weighted by Gasteiger charge is -2.32. The molecule has 2 rings (SSSR count). The topological polar surface area (TPSA) is 24.5 Å². The van der Waals surface area contributed by atoms with Crippen molar-refractivity contribution < 1.29 is 4.74 Å². The van der Waals surface area contributed by atoms with E-state index in [0.29, 0.717) is 6.10 Å². The number of hydrogen-bond donors (Lipinski definition) is 1. The number of ether oxygens (including phenoxy) is 1. The largest absolute Gasteiger partial charge is 0.377 e. The Morgan fingerprint density at radius 2 is 2.19 bits per heavy atom. The van der Waals surface area contributed by atoms with Crippen molar-refractivity contribution in [2.75, 3.05) is 32.8 Å². The zero-order chi connectivity index (χ0) is 11.4. The molecule has 1 N–H and O–H groups in total. The first-order valence-electron chi connectivity index (χ1n) is 6.91. The van der Waals surface area contributed by atoms with E-state index in [9.17, 15) is 0 Å². The predicted octanol–water partition coefficient (Wildman–Crippen LogP) is 1.49. The first kappa shape index (κ1) is 12.3. The second-order valence-electron chi connectivity index (χ2n) is 5.12. The predicted molar refractivity (Wildman–Crippen MR) is 66.7 cm³/mol. The van der Waals surface area contributed by atoms with Crippen LogP contribution in [0.5, 0.6) is 0 Å². The van der Waals surface area contributed by atoms with Gasteiger partial charge in [0.2, 0.25) is 0 Å². The van der Waals surface area contributed by atoms with Gasteiger partial charge in [-0.15, -0.1) is 0 Å². The molecule has 0 aromatic carbocycles. The van der Waals surface area contributed by atoms with E-state index in [4.69, 9.17) is 4.74 Å². The highest BCUT2D eigenvalue weighted by atomic mass is 16.5. The van der Waals surface area contributed by atoms with Gasteiger partial charge in [-0.25, -0.2) is 0 Å². The van der Waals surface area contributed by atoms with Gasteiger partial charge in [-0.1, -0.05) is 20.3 Å². The highest BCUT2D eigenvalue weighted by molar-refractivity contribution is 4.88. The fraction of sp³-hybridized carbons (Fsp3) is 1.00. The normalized spacial score (nSPS) is 35.1. The molecular formula is C13H26N2O. The summed E-state index contributed by atoms with van der Waals surface area (Å²) in [6.45, 7) is 10.2. The van der Waals surface area contributed by atoms with E-state index in [0.717, 1.165) is 31.7 Å². The second-order valence-corrected chi connectivity index (χ2v) is 5.12. The minimum Gasteiger partial charge on any atom is -0.377 e. The fourth-order valence-electron chi connectivity index (χ4n) is 3.11. The molecule has 2 aliphatic rings. The van der Waals surface area contributed by atoms with Gasteiger partial charge in [-0.05, 0) is 31.8 Å². The molecule has 3 heteroatoms. The van der Waals surface area contributed by atoms with Crippen LogP contribution in [0.4, 0.5) is 0 Å². The van der Waals surface area contributed by atoms with Gasteiger partial charge in [0.05, 0.1) is 6.10 Å². The molecule has 16 heavy (non-hydrogen) atoms. The van der Waals surface area contributed by atoms with Crippen molar-refractivity contribution in [2.45, 2.75) is 45.3 Å². The molecule has 0 saturated carbocycles. The smallest absolute Gasteiger partial charge is 0.0702 e. The summed E-state index contributed by atoms with van der Waals surface area (Å²) >= 11 is 0. The van der Waals surface area contributed by atoms with Crippen molar-refractivity contribution in [3.8, 4) is 0 Å². The van der Waals surface area contributed by atoms with E-state index in [1.807, 2.05) is 0 Å². The Morgan fingerprint density at radius 3 is 2.81 bits per heavy atom. The Kier molecular flexibility index (Phi) is 4.62. The standard InChI is InChI=1S/C13H26N2O/c1-3-11-8-14-9-13(11)15(4-2)10-12-6-5-7-16-12/h11-14H,3-10H2,1-2H3. The minimum absolute atomic E-state index is 0.498. The molecule has 0 radical (unpaired) electrons. The van der Waals surface area contributed by atoms with Gasteiger partial charge >= 0.3 is 0 Å². The van der Waals surface area contributed by atoms with E-state index in [2.05, 4.69) is 24.1 Å². The molecule has 3 unspecified atom stereocenters. The monoisotopic (exact) mass is 226 g/mol. The number of hydrogen-bond acceptors (Lipinski definition) is 3. The lowest BCUT2D eigenvalue weighted by molar-refractivity contribution is 0.0540. The number of nitrogens with zero attached hydrogens (tertiary/aromatic N) is 1. The molecule has 2 aliphatic heterocycles. The third-order valence-corrected chi connectivity index (χ3v) is 4.17. The lowest BCUT2D eigenvalue weighted by atomic mass is 9.99. The van der Waals surface area contributed by atoms with Gasteiger partial charge in [0, 0.05) is 25.7 Å². The van der Waals surface area contributed by atoms with Crippen LogP contribution in [0.15, 0.2) is 0 Å². The van der Waals surface area contributed by atoms with Crippen LogP contribution in [0.1, 0.15) is 33.1 Å². The van der Waals surface area contributed by atoms with Gasteiger partial charge in [0.15, 0.2) is 0 Å². The average Bonchev–Trinajstić information content (AvgIpc) is 2.96. The summed E-state index contributed by atoms with van der Waals surface area (Å²) < 4.78 is 5.75. The molecule has 0 aliphatic carbocycles. The summed E-state index contributed by atoms with van der Waals surface area (Å²) in [6, 6.07) is 0.735. The number of rotatable bonds is 5. The van der Waals surface area contributed by atoms with Crippen LogP contribution in [-0.2, 0) is 4.74 Å². The van der Waals surface area contributed by atoms with Crippen LogP contribution in [0.25, 0.3) is 0 Å². The molecule has 3 nitrogen and oxygen atoms in total. The van der Waals surface area contributed by atoms with Gasteiger partial charge in [-0.3, -0.25) is 4.90 Å². The van der Waals surface area contributed by atoms with Crippen molar-refractivity contribution in [3.05, 3.63) is 0 Å². The Labute approximate surface area is 99.5 Å². The van der Waals surface area contributed by atoms with Crippen molar-refractivity contribution in [1.29, 1.82) is 0 Å². The summed E-state index contributed by atoms with van der Waals surface area (Å²) in [6.07, 6.45) is 4.30. The van der Waals surface area contributed by atoms with E-state index in [1.54, 1.807) is 0 Å². The maximum Gasteiger partial charge on any atom is 0.0702 e. The average molecular weight is 226 g/mol. The molecule has 0 bridgehead atoms. The van der Waals surface area contributed by atoms with Gasteiger partial charge in [0.25, 0.3) is 0 Å². The highest BCUT2D eigenvalue weighted by Crippen LogP contribution is 2.21. The zero-order valence-corrected chi connectivity index (χ0v) is 10.7. The molecule has 0 aromatic rings. The molecule has 2 saturated heterocycles. The summed E-state index contributed by atoms with van der Waals surface area (Å²) in [4.78, 5) is 2.63. The molecule has 2 fully saturated rings. The van der Waals surface area contributed by atoms with Crippen molar-refractivity contribution in [3.63, 3.8) is 0 Å². The highest BCUT2D eigenvalue weighted by Gasteiger charge is 2.31. The third kappa shape index (κ3) is 2.76. The fourth-order valence-corrected chi connectivity index (χ4v) is 3.11. The second kappa shape index (κ2) is 5.99. The van der Waals surface area contributed by atoms with Gasteiger partial charge in [0.1, 0.15) is 0 Å². The SMILES string of the molecule is CCC1CNCC1N(CC)CC1CCCO1. The molecule has 0 aromatic heterocycles. The van der Waals surface area contributed by atoms with Gasteiger partial charge in [-0.2, -0.15) is 0 Å². The van der Waals surface area contributed by atoms with Crippen LogP contribution in [0.3, 0.4) is 0 Å². The van der Waals surface area contributed by atoms with Crippen LogP contribution in [0, 0.1) is 5.92 Å². The van der Waals surface area contributed by atoms with E-state index < -0.39 is 0 Å². The molecule has 0 amide bonds. The maximum atomic E-state index is 5.75. The summed E-state index contributed by atoms with van der Waals surface area (Å²) in [5, 5.41) is 3.53. The number of nitrogens with one attached hydrogen (secondary N) is 1.